The molecule has 0 aromatic heterocycles. The Labute approximate surface area is 119 Å². The van der Waals surface area contributed by atoms with Crippen LogP contribution in [0, 0.1) is 12.7 Å². The first kappa shape index (κ1) is 13.5. The molecule has 94 valence electrons. The van der Waals surface area contributed by atoms with Gasteiger partial charge in [-0.2, -0.15) is 0 Å². The molecular weight excluding hydrogens is 317 g/mol. The Bertz CT molecular complexity index is 535. The van der Waals surface area contributed by atoms with E-state index >= 15 is 0 Å². The zero-order valence-electron chi connectivity index (χ0n) is 9.75. The molecule has 0 fully saturated rings. The molecular formula is C14H12BrClFN. The number of rotatable bonds is 2. The van der Waals surface area contributed by atoms with Crippen molar-refractivity contribution in [3.05, 3.63) is 68.4 Å². The summed E-state index contributed by atoms with van der Waals surface area (Å²) in [5, 5.41) is 0.580. The Hall–Kier alpha value is -0.900. The van der Waals surface area contributed by atoms with Crippen molar-refractivity contribution in [3.8, 4) is 0 Å². The average Bonchev–Trinajstić information content (AvgIpc) is 2.34. The lowest BCUT2D eigenvalue weighted by Gasteiger charge is -2.16. The van der Waals surface area contributed by atoms with Gasteiger partial charge in [0, 0.05) is 15.1 Å². The van der Waals surface area contributed by atoms with E-state index in [0.29, 0.717) is 10.6 Å². The Morgan fingerprint density at radius 3 is 2.61 bits per heavy atom. The van der Waals surface area contributed by atoms with E-state index in [4.69, 9.17) is 17.3 Å². The molecule has 0 saturated heterocycles. The molecule has 0 aliphatic heterocycles. The average molecular weight is 329 g/mol. The number of halogens is 3. The van der Waals surface area contributed by atoms with Crippen molar-refractivity contribution in [1.82, 2.24) is 0 Å². The predicted molar refractivity (Wildman–Crippen MR) is 76.3 cm³/mol. The third-order valence-corrected chi connectivity index (χ3v) is 3.74. The first-order valence-electron chi connectivity index (χ1n) is 5.45. The van der Waals surface area contributed by atoms with Crippen molar-refractivity contribution in [2.45, 2.75) is 13.0 Å². The third kappa shape index (κ3) is 2.74. The molecule has 0 aliphatic carbocycles. The predicted octanol–water partition coefficient (Wildman–Crippen LogP) is 4.60. The summed E-state index contributed by atoms with van der Waals surface area (Å²) < 4.78 is 14.6. The number of hydrogen-bond acceptors (Lipinski definition) is 1. The minimum absolute atomic E-state index is 0.306. The summed E-state index contributed by atoms with van der Waals surface area (Å²) in [7, 11) is 0. The van der Waals surface area contributed by atoms with Crippen LogP contribution < -0.4 is 5.73 Å². The van der Waals surface area contributed by atoms with Crippen molar-refractivity contribution in [3.63, 3.8) is 0 Å². The van der Waals surface area contributed by atoms with Gasteiger partial charge in [-0.3, -0.25) is 0 Å². The van der Waals surface area contributed by atoms with Gasteiger partial charge < -0.3 is 5.73 Å². The number of nitrogens with two attached hydrogens (primary N) is 1. The number of benzene rings is 2. The minimum atomic E-state index is -0.544. The Balaban J connectivity index is 2.50. The fourth-order valence-electron chi connectivity index (χ4n) is 1.82. The maximum absolute atomic E-state index is 13.8. The van der Waals surface area contributed by atoms with Gasteiger partial charge >= 0.3 is 0 Å². The van der Waals surface area contributed by atoms with Crippen molar-refractivity contribution < 1.29 is 4.39 Å². The SMILES string of the molecule is Cc1ccc(F)c(C(N)c2cc(Cl)ccc2Br)c1. The molecule has 0 bridgehead atoms. The van der Waals surface area contributed by atoms with Crippen molar-refractivity contribution in [2.24, 2.45) is 5.73 Å². The maximum atomic E-state index is 13.8. The zero-order chi connectivity index (χ0) is 13.3. The first-order chi connectivity index (χ1) is 8.49. The van der Waals surface area contributed by atoms with Gasteiger partial charge in [0.25, 0.3) is 0 Å². The Kier molecular flexibility index (Phi) is 4.05. The molecule has 18 heavy (non-hydrogen) atoms. The van der Waals surface area contributed by atoms with Gasteiger partial charge in [-0.25, -0.2) is 4.39 Å². The summed E-state index contributed by atoms with van der Waals surface area (Å²) in [6.07, 6.45) is 0. The summed E-state index contributed by atoms with van der Waals surface area (Å²) in [5.41, 5.74) is 8.34. The van der Waals surface area contributed by atoms with Crippen LogP contribution in [-0.4, -0.2) is 0 Å². The van der Waals surface area contributed by atoms with Crippen LogP contribution >= 0.6 is 27.5 Å². The van der Waals surface area contributed by atoms with E-state index < -0.39 is 6.04 Å². The fraction of sp³-hybridized carbons (Fsp3) is 0.143. The van der Waals surface area contributed by atoms with Crippen LogP contribution in [0.15, 0.2) is 40.9 Å². The van der Waals surface area contributed by atoms with Gasteiger partial charge in [-0.1, -0.05) is 45.2 Å². The second-order valence-corrected chi connectivity index (χ2v) is 5.46. The zero-order valence-corrected chi connectivity index (χ0v) is 12.1. The normalized spacial score (nSPS) is 12.5. The van der Waals surface area contributed by atoms with Crippen LogP contribution in [-0.2, 0) is 0 Å². The summed E-state index contributed by atoms with van der Waals surface area (Å²) in [6, 6.07) is 9.69. The molecule has 0 amide bonds. The van der Waals surface area contributed by atoms with Crippen molar-refractivity contribution >= 4 is 27.5 Å². The number of hydrogen-bond donors (Lipinski definition) is 1. The molecule has 2 aromatic rings. The van der Waals surface area contributed by atoms with Gasteiger partial charge in [-0.15, -0.1) is 0 Å². The second kappa shape index (κ2) is 5.39. The molecule has 2 N–H and O–H groups in total. The highest BCUT2D eigenvalue weighted by Gasteiger charge is 2.16. The highest BCUT2D eigenvalue weighted by atomic mass is 79.9. The maximum Gasteiger partial charge on any atom is 0.128 e. The van der Waals surface area contributed by atoms with Crippen LogP contribution in [0.3, 0.4) is 0 Å². The molecule has 0 radical (unpaired) electrons. The number of aryl methyl sites for hydroxylation is 1. The van der Waals surface area contributed by atoms with E-state index in [1.165, 1.54) is 6.07 Å². The molecule has 1 unspecified atom stereocenters. The Morgan fingerprint density at radius 2 is 1.89 bits per heavy atom. The van der Waals surface area contributed by atoms with Crippen LogP contribution in [0.5, 0.6) is 0 Å². The van der Waals surface area contributed by atoms with Gasteiger partial charge in [0.05, 0.1) is 6.04 Å². The van der Waals surface area contributed by atoms with E-state index in [1.807, 2.05) is 13.0 Å². The van der Waals surface area contributed by atoms with Gasteiger partial charge in [0.15, 0.2) is 0 Å². The van der Waals surface area contributed by atoms with E-state index in [-0.39, 0.29) is 5.82 Å². The third-order valence-electron chi connectivity index (χ3n) is 2.78. The lowest BCUT2D eigenvalue weighted by molar-refractivity contribution is 0.598. The monoisotopic (exact) mass is 327 g/mol. The quantitative estimate of drug-likeness (QED) is 0.856. The molecule has 1 atom stereocenters. The van der Waals surface area contributed by atoms with E-state index in [9.17, 15) is 4.39 Å². The smallest absolute Gasteiger partial charge is 0.128 e. The molecule has 2 rings (SSSR count). The van der Waals surface area contributed by atoms with Gasteiger partial charge in [0.2, 0.25) is 0 Å². The molecule has 0 heterocycles. The van der Waals surface area contributed by atoms with Crippen LogP contribution in [0.2, 0.25) is 5.02 Å². The van der Waals surface area contributed by atoms with Gasteiger partial charge in [-0.05, 0) is 36.8 Å². The van der Waals surface area contributed by atoms with Gasteiger partial charge in [0.1, 0.15) is 5.82 Å². The van der Waals surface area contributed by atoms with Crippen LogP contribution in [0.25, 0.3) is 0 Å². The molecule has 2 aromatic carbocycles. The first-order valence-corrected chi connectivity index (χ1v) is 6.62. The lowest BCUT2D eigenvalue weighted by Crippen LogP contribution is -2.14. The summed E-state index contributed by atoms with van der Waals surface area (Å²) >= 11 is 9.36. The fourth-order valence-corrected chi connectivity index (χ4v) is 2.50. The molecule has 0 aliphatic rings. The highest BCUT2D eigenvalue weighted by Crippen LogP contribution is 2.30. The standard InChI is InChI=1S/C14H12BrClFN/c1-8-2-5-13(17)11(6-8)14(18)10-7-9(16)3-4-12(10)15/h2-7,14H,18H2,1H3. The summed E-state index contributed by atoms with van der Waals surface area (Å²) in [5.74, 6) is -0.306. The van der Waals surface area contributed by atoms with Crippen molar-refractivity contribution in [1.29, 1.82) is 0 Å². The minimum Gasteiger partial charge on any atom is -0.320 e. The lowest BCUT2D eigenvalue weighted by atomic mass is 9.98. The molecule has 0 spiro atoms. The molecule has 0 saturated carbocycles. The second-order valence-electron chi connectivity index (χ2n) is 4.17. The summed E-state index contributed by atoms with van der Waals surface area (Å²) in [6.45, 7) is 1.91. The summed E-state index contributed by atoms with van der Waals surface area (Å²) in [4.78, 5) is 0. The molecule has 4 heteroatoms. The van der Waals surface area contributed by atoms with Crippen LogP contribution in [0.1, 0.15) is 22.7 Å². The largest absolute Gasteiger partial charge is 0.320 e. The van der Waals surface area contributed by atoms with E-state index in [0.717, 1.165) is 15.6 Å². The van der Waals surface area contributed by atoms with Crippen molar-refractivity contribution in [2.75, 3.05) is 0 Å². The Morgan fingerprint density at radius 1 is 1.17 bits per heavy atom. The van der Waals surface area contributed by atoms with E-state index in [1.54, 1.807) is 24.3 Å². The highest BCUT2D eigenvalue weighted by molar-refractivity contribution is 9.10. The topological polar surface area (TPSA) is 26.0 Å². The van der Waals surface area contributed by atoms with E-state index in [2.05, 4.69) is 15.9 Å². The molecule has 1 nitrogen and oxygen atoms in total. The van der Waals surface area contributed by atoms with Crippen LogP contribution in [0.4, 0.5) is 4.39 Å².